The number of benzene rings is 1. The Bertz CT molecular complexity index is 584. The minimum atomic E-state index is -0.258. The summed E-state index contributed by atoms with van der Waals surface area (Å²) in [6.45, 7) is 2.40. The molecule has 2 saturated heterocycles. The van der Waals surface area contributed by atoms with Gasteiger partial charge in [0.1, 0.15) is 5.82 Å². The number of hydrogen-bond acceptors (Lipinski definition) is 3. The lowest BCUT2D eigenvalue weighted by atomic mass is 9.99. The van der Waals surface area contributed by atoms with Crippen molar-refractivity contribution >= 4 is 11.8 Å². The van der Waals surface area contributed by atoms with E-state index in [1.165, 1.54) is 12.1 Å². The molecule has 1 aromatic carbocycles. The molecule has 2 heterocycles. The van der Waals surface area contributed by atoms with Crippen molar-refractivity contribution in [3.8, 4) is 0 Å². The number of amides is 2. The predicted molar refractivity (Wildman–Crippen MR) is 86.8 cm³/mol. The van der Waals surface area contributed by atoms with Crippen LogP contribution in [0.4, 0.5) is 4.39 Å². The lowest BCUT2D eigenvalue weighted by Gasteiger charge is -2.23. The van der Waals surface area contributed by atoms with Crippen LogP contribution >= 0.6 is 0 Å². The Balaban J connectivity index is 1.46. The Kier molecular flexibility index (Phi) is 5.45. The minimum absolute atomic E-state index is 0.00196. The normalized spacial score (nSPS) is 22.0. The van der Waals surface area contributed by atoms with Crippen LogP contribution in [0.15, 0.2) is 24.3 Å². The van der Waals surface area contributed by atoms with Crippen LogP contribution in [0.2, 0.25) is 0 Å². The van der Waals surface area contributed by atoms with E-state index in [9.17, 15) is 14.0 Å². The van der Waals surface area contributed by atoms with E-state index < -0.39 is 0 Å². The number of carbonyl (C=O) groups excluding carboxylic acids is 2. The van der Waals surface area contributed by atoms with Gasteiger partial charge in [-0.25, -0.2) is 4.39 Å². The van der Waals surface area contributed by atoms with Gasteiger partial charge in [-0.1, -0.05) is 12.1 Å². The zero-order valence-electron chi connectivity index (χ0n) is 13.7. The van der Waals surface area contributed by atoms with Gasteiger partial charge in [-0.2, -0.15) is 0 Å². The fraction of sp³-hybridized carbons (Fsp3) is 0.556. The molecule has 24 heavy (non-hydrogen) atoms. The maximum absolute atomic E-state index is 12.9. The van der Waals surface area contributed by atoms with Gasteiger partial charge in [0.05, 0.1) is 6.04 Å². The van der Waals surface area contributed by atoms with Crippen molar-refractivity contribution in [2.75, 3.05) is 26.3 Å². The Morgan fingerprint density at radius 2 is 1.96 bits per heavy atom. The number of rotatable bonds is 5. The van der Waals surface area contributed by atoms with Crippen molar-refractivity contribution in [2.24, 2.45) is 5.92 Å². The lowest BCUT2D eigenvalue weighted by Crippen LogP contribution is -2.42. The van der Waals surface area contributed by atoms with E-state index in [0.717, 1.165) is 18.4 Å². The average molecular weight is 334 g/mol. The van der Waals surface area contributed by atoms with Gasteiger partial charge in [0.2, 0.25) is 11.8 Å². The first-order valence-corrected chi connectivity index (χ1v) is 8.52. The smallest absolute Gasteiger partial charge is 0.224 e. The topological polar surface area (TPSA) is 58.6 Å². The van der Waals surface area contributed by atoms with Gasteiger partial charge in [-0.05, 0) is 37.0 Å². The largest absolute Gasteiger partial charge is 0.381 e. The van der Waals surface area contributed by atoms with Gasteiger partial charge in [0.25, 0.3) is 0 Å². The standard InChI is InChI=1S/C18H23FN2O3/c19-15-3-1-13(2-4-15)5-8-21-12-16(11-17(21)22)20-18(23)14-6-9-24-10-7-14/h1-4,14,16H,5-12H2,(H,20,23). The average Bonchev–Trinajstić information content (AvgIpc) is 2.94. The molecule has 0 aromatic heterocycles. The van der Waals surface area contributed by atoms with Crippen LogP contribution in [0.1, 0.15) is 24.8 Å². The van der Waals surface area contributed by atoms with Crippen molar-refractivity contribution in [1.29, 1.82) is 0 Å². The molecule has 1 N–H and O–H groups in total. The summed E-state index contributed by atoms with van der Waals surface area (Å²) in [4.78, 5) is 26.1. The van der Waals surface area contributed by atoms with Crippen molar-refractivity contribution < 1.29 is 18.7 Å². The predicted octanol–water partition coefficient (Wildman–Crippen LogP) is 1.51. The molecule has 1 aromatic rings. The number of ether oxygens (including phenoxy) is 1. The maximum atomic E-state index is 12.9. The first kappa shape index (κ1) is 16.9. The molecule has 6 heteroatoms. The van der Waals surface area contributed by atoms with Crippen LogP contribution in [-0.4, -0.2) is 49.1 Å². The molecule has 0 bridgehead atoms. The molecule has 0 aliphatic carbocycles. The van der Waals surface area contributed by atoms with E-state index in [4.69, 9.17) is 4.74 Å². The number of likely N-dealkylation sites (tertiary alicyclic amines) is 1. The Morgan fingerprint density at radius 3 is 2.67 bits per heavy atom. The van der Waals surface area contributed by atoms with Crippen LogP contribution in [0.25, 0.3) is 0 Å². The summed E-state index contributed by atoms with van der Waals surface area (Å²) >= 11 is 0. The second-order valence-corrected chi connectivity index (χ2v) is 6.51. The number of nitrogens with zero attached hydrogens (tertiary/aromatic N) is 1. The van der Waals surface area contributed by atoms with Gasteiger partial charge in [-0.15, -0.1) is 0 Å². The van der Waals surface area contributed by atoms with Gasteiger partial charge < -0.3 is 15.0 Å². The number of carbonyl (C=O) groups is 2. The van der Waals surface area contributed by atoms with E-state index in [1.807, 2.05) is 0 Å². The summed E-state index contributed by atoms with van der Waals surface area (Å²) in [6.07, 6.45) is 2.55. The molecule has 5 nitrogen and oxygen atoms in total. The molecule has 0 spiro atoms. The van der Waals surface area contributed by atoms with Crippen LogP contribution in [-0.2, 0) is 20.7 Å². The zero-order chi connectivity index (χ0) is 16.9. The van der Waals surface area contributed by atoms with Gasteiger partial charge in [0, 0.05) is 38.6 Å². The van der Waals surface area contributed by atoms with Crippen LogP contribution in [0, 0.1) is 11.7 Å². The molecule has 2 aliphatic heterocycles. The first-order chi connectivity index (χ1) is 11.6. The first-order valence-electron chi connectivity index (χ1n) is 8.52. The SMILES string of the molecule is O=C(NC1CC(=O)N(CCc2ccc(F)cc2)C1)C1CCOCC1. The third-order valence-corrected chi connectivity index (χ3v) is 4.74. The van der Waals surface area contributed by atoms with E-state index >= 15 is 0 Å². The third-order valence-electron chi connectivity index (χ3n) is 4.74. The molecule has 2 amide bonds. The van der Waals surface area contributed by atoms with E-state index in [-0.39, 0.29) is 29.6 Å². The molecule has 1 unspecified atom stereocenters. The van der Waals surface area contributed by atoms with E-state index in [2.05, 4.69) is 5.32 Å². The fourth-order valence-corrected chi connectivity index (χ4v) is 3.28. The fourth-order valence-electron chi connectivity index (χ4n) is 3.28. The molecule has 3 rings (SSSR count). The van der Waals surface area contributed by atoms with Gasteiger partial charge in [0.15, 0.2) is 0 Å². The Labute approximate surface area is 141 Å². The number of nitrogens with one attached hydrogen (secondary N) is 1. The quantitative estimate of drug-likeness (QED) is 0.888. The van der Waals surface area contributed by atoms with Crippen LogP contribution < -0.4 is 5.32 Å². The van der Waals surface area contributed by atoms with Crippen LogP contribution in [0.3, 0.4) is 0 Å². The number of halogens is 1. The summed E-state index contributed by atoms with van der Waals surface area (Å²) < 4.78 is 18.2. The zero-order valence-corrected chi connectivity index (χ0v) is 13.7. The summed E-state index contributed by atoms with van der Waals surface area (Å²) in [6, 6.07) is 6.22. The van der Waals surface area contributed by atoms with Gasteiger partial charge in [-0.3, -0.25) is 9.59 Å². The molecule has 0 saturated carbocycles. The molecule has 2 fully saturated rings. The molecular formula is C18H23FN2O3. The Morgan fingerprint density at radius 1 is 1.25 bits per heavy atom. The molecule has 2 aliphatic rings. The van der Waals surface area contributed by atoms with Crippen LogP contribution in [0.5, 0.6) is 0 Å². The highest BCUT2D eigenvalue weighted by molar-refractivity contribution is 5.83. The lowest BCUT2D eigenvalue weighted by molar-refractivity contribution is -0.128. The highest BCUT2D eigenvalue weighted by Gasteiger charge is 2.32. The molecular weight excluding hydrogens is 311 g/mol. The molecule has 0 radical (unpaired) electrons. The number of hydrogen-bond donors (Lipinski definition) is 1. The summed E-state index contributed by atoms with van der Waals surface area (Å²) in [5.41, 5.74) is 0.999. The van der Waals surface area contributed by atoms with E-state index in [0.29, 0.717) is 39.1 Å². The third kappa shape index (κ3) is 4.32. The van der Waals surface area contributed by atoms with Crippen molar-refractivity contribution in [3.05, 3.63) is 35.6 Å². The summed E-state index contributed by atoms with van der Waals surface area (Å²) in [7, 11) is 0. The van der Waals surface area contributed by atoms with Gasteiger partial charge >= 0.3 is 0 Å². The highest BCUT2D eigenvalue weighted by atomic mass is 19.1. The second-order valence-electron chi connectivity index (χ2n) is 6.51. The monoisotopic (exact) mass is 334 g/mol. The summed E-state index contributed by atoms with van der Waals surface area (Å²) in [5.74, 6) is -0.153. The van der Waals surface area contributed by atoms with Crippen molar-refractivity contribution in [3.63, 3.8) is 0 Å². The molecule has 1 atom stereocenters. The van der Waals surface area contributed by atoms with Crippen molar-refractivity contribution in [2.45, 2.75) is 31.7 Å². The highest BCUT2D eigenvalue weighted by Crippen LogP contribution is 2.17. The summed E-state index contributed by atoms with van der Waals surface area (Å²) in [5, 5.41) is 3.01. The minimum Gasteiger partial charge on any atom is -0.381 e. The molecule has 130 valence electrons. The Hall–Kier alpha value is -1.95. The maximum Gasteiger partial charge on any atom is 0.224 e. The van der Waals surface area contributed by atoms with E-state index in [1.54, 1.807) is 17.0 Å². The second kappa shape index (κ2) is 7.75. The van der Waals surface area contributed by atoms with Crippen molar-refractivity contribution in [1.82, 2.24) is 10.2 Å².